The molecule has 2 heterocycles. The van der Waals surface area contributed by atoms with E-state index in [0.29, 0.717) is 13.0 Å². The summed E-state index contributed by atoms with van der Waals surface area (Å²) >= 11 is 0. The van der Waals surface area contributed by atoms with Gasteiger partial charge in [0, 0.05) is 26.1 Å². The van der Waals surface area contributed by atoms with Crippen LogP contribution in [0.15, 0.2) is 12.7 Å². The largest absolute Gasteiger partial charge is 0.356 e. The van der Waals surface area contributed by atoms with Gasteiger partial charge in [0.15, 0.2) is 0 Å². The summed E-state index contributed by atoms with van der Waals surface area (Å²) in [4.78, 5) is 18.1. The third-order valence-corrected chi connectivity index (χ3v) is 3.95. The Morgan fingerprint density at radius 1 is 1.29 bits per heavy atom. The van der Waals surface area contributed by atoms with Gasteiger partial charge in [-0.25, -0.2) is 4.98 Å². The van der Waals surface area contributed by atoms with Crippen molar-refractivity contribution in [2.24, 2.45) is 11.8 Å². The van der Waals surface area contributed by atoms with Crippen molar-refractivity contribution in [3.8, 4) is 0 Å². The Hall–Kier alpha value is -1.43. The van der Waals surface area contributed by atoms with Crippen LogP contribution in [0.1, 0.15) is 33.1 Å². The molecule has 1 fully saturated rings. The molecule has 0 unspecified atom stereocenters. The topological polar surface area (TPSA) is 63.1 Å². The van der Waals surface area contributed by atoms with Gasteiger partial charge in [0.1, 0.15) is 12.7 Å². The van der Waals surface area contributed by atoms with E-state index in [2.05, 4.69) is 34.1 Å². The normalized spacial score (nSPS) is 23.1. The van der Waals surface area contributed by atoms with Gasteiger partial charge in [0.2, 0.25) is 5.91 Å². The summed E-state index contributed by atoms with van der Waals surface area (Å²) in [7, 11) is 0. The summed E-state index contributed by atoms with van der Waals surface area (Å²) in [6, 6.07) is 0. The van der Waals surface area contributed by atoms with Crippen molar-refractivity contribution in [1.29, 1.82) is 0 Å². The Morgan fingerprint density at radius 2 is 2.05 bits per heavy atom. The fourth-order valence-electron chi connectivity index (χ4n) is 3.16. The van der Waals surface area contributed by atoms with E-state index in [1.165, 1.54) is 25.8 Å². The predicted molar refractivity (Wildman–Crippen MR) is 81.7 cm³/mol. The first-order valence-electron chi connectivity index (χ1n) is 7.95. The summed E-state index contributed by atoms with van der Waals surface area (Å²) in [5.74, 6) is 1.68. The third kappa shape index (κ3) is 5.83. The number of aromatic nitrogens is 3. The summed E-state index contributed by atoms with van der Waals surface area (Å²) in [5, 5.41) is 6.96. The molecule has 0 aromatic carbocycles. The van der Waals surface area contributed by atoms with Crippen molar-refractivity contribution in [3.05, 3.63) is 12.7 Å². The van der Waals surface area contributed by atoms with Crippen molar-refractivity contribution in [3.63, 3.8) is 0 Å². The highest BCUT2D eigenvalue weighted by Gasteiger charge is 2.20. The molecule has 0 bridgehead atoms. The van der Waals surface area contributed by atoms with E-state index in [9.17, 15) is 4.79 Å². The standard InChI is InChI=1S/C15H27N5O/c1-13-8-14(2)10-19(9-13)6-3-5-17-15(21)4-7-20-12-16-11-18-20/h11-14H,3-10H2,1-2H3,(H,17,21)/t13-,14-/m1/s1. The Morgan fingerprint density at radius 3 is 2.71 bits per heavy atom. The van der Waals surface area contributed by atoms with Gasteiger partial charge < -0.3 is 10.2 Å². The molecule has 6 heteroatoms. The monoisotopic (exact) mass is 293 g/mol. The van der Waals surface area contributed by atoms with Crippen LogP contribution < -0.4 is 5.32 Å². The minimum Gasteiger partial charge on any atom is -0.356 e. The molecular formula is C15H27N5O. The molecule has 2 atom stereocenters. The van der Waals surface area contributed by atoms with Crippen molar-refractivity contribution in [2.75, 3.05) is 26.2 Å². The van der Waals surface area contributed by atoms with Crippen molar-refractivity contribution >= 4 is 5.91 Å². The lowest BCUT2D eigenvalue weighted by molar-refractivity contribution is -0.121. The number of carbonyl (C=O) groups excluding carboxylic acids is 1. The molecule has 1 aromatic heterocycles. The van der Waals surface area contributed by atoms with E-state index >= 15 is 0 Å². The fourth-order valence-corrected chi connectivity index (χ4v) is 3.16. The van der Waals surface area contributed by atoms with Crippen LogP contribution in [-0.4, -0.2) is 51.8 Å². The zero-order valence-electron chi connectivity index (χ0n) is 13.2. The fraction of sp³-hybridized carbons (Fsp3) is 0.800. The van der Waals surface area contributed by atoms with Gasteiger partial charge in [-0.2, -0.15) is 5.10 Å². The zero-order valence-corrected chi connectivity index (χ0v) is 13.2. The first-order chi connectivity index (χ1) is 10.1. The van der Waals surface area contributed by atoms with Gasteiger partial charge in [0.05, 0.1) is 6.54 Å². The Labute approximate surface area is 126 Å². The average molecular weight is 293 g/mol. The van der Waals surface area contributed by atoms with Crippen LogP contribution in [0, 0.1) is 11.8 Å². The van der Waals surface area contributed by atoms with Crippen molar-refractivity contribution in [2.45, 2.75) is 39.7 Å². The Bertz CT molecular complexity index is 410. The van der Waals surface area contributed by atoms with Crippen LogP contribution in [0.4, 0.5) is 0 Å². The highest BCUT2D eigenvalue weighted by molar-refractivity contribution is 5.75. The number of likely N-dealkylation sites (tertiary alicyclic amines) is 1. The molecule has 0 spiro atoms. The second-order valence-corrected chi connectivity index (χ2v) is 6.32. The van der Waals surface area contributed by atoms with E-state index in [4.69, 9.17) is 0 Å². The molecule has 1 aliphatic heterocycles. The van der Waals surface area contributed by atoms with E-state index in [-0.39, 0.29) is 5.91 Å². The quantitative estimate of drug-likeness (QED) is 0.766. The maximum Gasteiger partial charge on any atom is 0.221 e. The van der Waals surface area contributed by atoms with Crippen LogP contribution in [0.5, 0.6) is 0 Å². The summed E-state index contributed by atoms with van der Waals surface area (Å²) in [6.45, 7) is 9.48. The molecule has 0 radical (unpaired) electrons. The third-order valence-electron chi connectivity index (χ3n) is 3.95. The van der Waals surface area contributed by atoms with E-state index < -0.39 is 0 Å². The second-order valence-electron chi connectivity index (χ2n) is 6.32. The predicted octanol–water partition coefficient (Wildman–Crippen LogP) is 1.15. The first-order valence-corrected chi connectivity index (χ1v) is 7.95. The number of rotatable bonds is 7. The zero-order chi connectivity index (χ0) is 15.1. The number of hydrogen-bond donors (Lipinski definition) is 1. The van der Waals surface area contributed by atoms with Gasteiger partial charge in [-0.1, -0.05) is 13.8 Å². The lowest BCUT2D eigenvalue weighted by Crippen LogP contribution is -2.40. The molecule has 1 saturated heterocycles. The molecule has 0 saturated carbocycles. The minimum absolute atomic E-state index is 0.0888. The lowest BCUT2D eigenvalue weighted by Gasteiger charge is -2.34. The van der Waals surface area contributed by atoms with Crippen molar-refractivity contribution < 1.29 is 4.79 Å². The molecule has 2 rings (SSSR count). The highest BCUT2D eigenvalue weighted by Crippen LogP contribution is 2.20. The highest BCUT2D eigenvalue weighted by atomic mass is 16.1. The smallest absolute Gasteiger partial charge is 0.221 e. The van der Waals surface area contributed by atoms with Crippen LogP contribution in [-0.2, 0) is 11.3 Å². The van der Waals surface area contributed by atoms with Gasteiger partial charge >= 0.3 is 0 Å². The van der Waals surface area contributed by atoms with Crippen LogP contribution in [0.3, 0.4) is 0 Å². The van der Waals surface area contributed by atoms with E-state index in [0.717, 1.165) is 31.3 Å². The number of amides is 1. The summed E-state index contributed by atoms with van der Waals surface area (Å²) in [6.07, 6.45) is 5.94. The average Bonchev–Trinajstić information content (AvgIpc) is 2.93. The summed E-state index contributed by atoms with van der Waals surface area (Å²) < 4.78 is 1.68. The maximum atomic E-state index is 11.7. The molecule has 6 nitrogen and oxygen atoms in total. The van der Waals surface area contributed by atoms with E-state index in [1.54, 1.807) is 11.0 Å². The number of piperidine rings is 1. The molecule has 21 heavy (non-hydrogen) atoms. The Balaban J connectivity index is 1.53. The number of carbonyl (C=O) groups is 1. The Kier molecular flexibility index (Phi) is 6.17. The minimum atomic E-state index is 0.0888. The van der Waals surface area contributed by atoms with Gasteiger partial charge in [-0.05, 0) is 31.2 Å². The SMILES string of the molecule is C[C@@H]1C[C@@H](C)CN(CCCNC(=O)CCn2cncn2)C1. The van der Waals surface area contributed by atoms with Crippen LogP contribution in [0.2, 0.25) is 0 Å². The van der Waals surface area contributed by atoms with Crippen LogP contribution in [0.25, 0.3) is 0 Å². The number of aryl methyl sites for hydroxylation is 1. The molecule has 1 aliphatic rings. The van der Waals surface area contributed by atoms with Crippen molar-refractivity contribution in [1.82, 2.24) is 25.0 Å². The molecular weight excluding hydrogens is 266 g/mol. The first kappa shape index (κ1) is 15.9. The van der Waals surface area contributed by atoms with E-state index in [1.807, 2.05) is 0 Å². The molecule has 1 N–H and O–H groups in total. The molecule has 1 aromatic rings. The molecule has 1 amide bonds. The number of nitrogens with zero attached hydrogens (tertiary/aromatic N) is 4. The van der Waals surface area contributed by atoms with Gasteiger partial charge in [0.25, 0.3) is 0 Å². The summed E-state index contributed by atoms with van der Waals surface area (Å²) in [5.41, 5.74) is 0. The second kappa shape index (κ2) is 8.12. The van der Waals surface area contributed by atoms with Crippen LogP contribution >= 0.6 is 0 Å². The molecule has 0 aliphatic carbocycles. The number of nitrogens with one attached hydrogen (secondary N) is 1. The van der Waals surface area contributed by atoms with Gasteiger partial charge in [-0.3, -0.25) is 9.48 Å². The number of hydrogen-bond acceptors (Lipinski definition) is 4. The van der Waals surface area contributed by atoms with Gasteiger partial charge in [-0.15, -0.1) is 0 Å². The lowest BCUT2D eigenvalue weighted by atomic mass is 9.92. The molecule has 118 valence electrons. The maximum absolute atomic E-state index is 11.7.